The van der Waals surface area contributed by atoms with Crippen molar-refractivity contribution in [1.29, 1.82) is 0 Å². The molecule has 1 fully saturated rings. The van der Waals surface area contributed by atoms with Crippen LogP contribution in [0.2, 0.25) is 5.02 Å². The number of aromatic nitrogens is 1. The second-order valence-corrected chi connectivity index (χ2v) is 6.05. The molecule has 1 heterocycles. The lowest BCUT2D eigenvalue weighted by atomic mass is 9.76. The van der Waals surface area contributed by atoms with Crippen molar-refractivity contribution in [2.75, 3.05) is 12.3 Å². The molecule has 5 heteroatoms. The summed E-state index contributed by atoms with van der Waals surface area (Å²) in [4.78, 5) is 16.0. The van der Waals surface area contributed by atoms with Gasteiger partial charge in [-0.25, -0.2) is 4.98 Å². The molecule has 19 heavy (non-hydrogen) atoms. The quantitative estimate of drug-likeness (QED) is 0.895. The number of rotatable bonds is 3. The van der Waals surface area contributed by atoms with Crippen molar-refractivity contribution in [3.63, 3.8) is 0 Å². The molecule has 104 valence electrons. The van der Waals surface area contributed by atoms with Crippen LogP contribution in [0.5, 0.6) is 0 Å². The third kappa shape index (κ3) is 3.60. The largest absolute Gasteiger partial charge is 0.384 e. The summed E-state index contributed by atoms with van der Waals surface area (Å²) < 4.78 is 0. The summed E-state index contributed by atoms with van der Waals surface area (Å²) in [6.07, 6.45) is 7.54. The third-order valence-electron chi connectivity index (χ3n) is 3.86. The van der Waals surface area contributed by atoms with Crippen molar-refractivity contribution in [3.05, 3.63) is 22.8 Å². The van der Waals surface area contributed by atoms with Gasteiger partial charge in [0.15, 0.2) is 0 Å². The summed E-state index contributed by atoms with van der Waals surface area (Å²) in [5.74, 6) is 0.129. The van der Waals surface area contributed by atoms with E-state index in [9.17, 15) is 4.79 Å². The molecule has 1 aliphatic rings. The minimum atomic E-state index is -0.175. The van der Waals surface area contributed by atoms with Gasteiger partial charge in [-0.15, -0.1) is 0 Å². The second-order valence-electron chi connectivity index (χ2n) is 5.64. The maximum Gasteiger partial charge on any atom is 0.253 e. The number of hydrogen-bond donors (Lipinski definition) is 2. The standard InChI is InChI=1S/C14H20ClN3O/c1-14(5-3-2-4-6-14)9-18-13(19)10-7-12(16)17-8-11(10)15/h7-8H,2-6,9H2,1H3,(H2,16,17)(H,18,19). The Balaban J connectivity index is 1.99. The van der Waals surface area contributed by atoms with Crippen LogP contribution in [0.25, 0.3) is 0 Å². The number of nitrogens with two attached hydrogens (primary N) is 1. The molecule has 1 aromatic rings. The van der Waals surface area contributed by atoms with Gasteiger partial charge in [-0.2, -0.15) is 0 Å². The van der Waals surface area contributed by atoms with Crippen molar-refractivity contribution in [2.24, 2.45) is 5.41 Å². The fraction of sp³-hybridized carbons (Fsp3) is 0.571. The Morgan fingerprint density at radius 1 is 1.47 bits per heavy atom. The van der Waals surface area contributed by atoms with Crippen LogP contribution in [0.3, 0.4) is 0 Å². The molecule has 1 amide bonds. The molecule has 1 saturated carbocycles. The van der Waals surface area contributed by atoms with Gasteiger partial charge in [0.25, 0.3) is 5.91 Å². The lowest BCUT2D eigenvalue weighted by molar-refractivity contribution is 0.0919. The fourth-order valence-electron chi connectivity index (χ4n) is 2.60. The minimum absolute atomic E-state index is 0.175. The number of nitrogens with zero attached hydrogens (tertiary/aromatic N) is 1. The van der Waals surface area contributed by atoms with Gasteiger partial charge in [0.2, 0.25) is 0 Å². The summed E-state index contributed by atoms with van der Waals surface area (Å²) in [5, 5.41) is 3.30. The lowest BCUT2D eigenvalue weighted by Gasteiger charge is -2.33. The van der Waals surface area contributed by atoms with E-state index in [0.717, 1.165) is 0 Å². The van der Waals surface area contributed by atoms with Crippen molar-refractivity contribution in [2.45, 2.75) is 39.0 Å². The van der Waals surface area contributed by atoms with E-state index in [-0.39, 0.29) is 11.3 Å². The highest BCUT2D eigenvalue weighted by Gasteiger charge is 2.27. The van der Waals surface area contributed by atoms with Crippen LogP contribution >= 0.6 is 11.6 Å². The summed E-state index contributed by atoms with van der Waals surface area (Å²) in [6.45, 7) is 2.92. The predicted molar refractivity (Wildman–Crippen MR) is 77.2 cm³/mol. The molecule has 0 spiro atoms. The Morgan fingerprint density at radius 2 is 2.16 bits per heavy atom. The highest BCUT2D eigenvalue weighted by atomic mass is 35.5. The van der Waals surface area contributed by atoms with Crippen molar-refractivity contribution in [1.82, 2.24) is 10.3 Å². The van der Waals surface area contributed by atoms with Gasteiger partial charge < -0.3 is 11.1 Å². The molecule has 3 N–H and O–H groups in total. The fourth-order valence-corrected chi connectivity index (χ4v) is 2.79. The summed E-state index contributed by atoms with van der Waals surface area (Å²) in [7, 11) is 0. The molecule has 0 aromatic carbocycles. The van der Waals surface area contributed by atoms with E-state index in [1.165, 1.54) is 44.4 Å². The van der Waals surface area contributed by atoms with Crippen LogP contribution in [0.15, 0.2) is 12.3 Å². The number of hydrogen-bond acceptors (Lipinski definition) is 3. The van der Waals surface area contributed by atoms with Crippen LogP contribution in [-0.4, -0.2) is 17.4 Å². The smallest absolute Gasteiger partial charge is 0.253 e. The number of halogens is 1. The molecule has 0 aliphatic heterocycles. The summed E-state index contributed by atoms with van der Waals surface area (Å²) in [5.41, 5.74) is 6.18. The van der Waals surface area contributed by atoms with Crippen LogP contribution in [-0.2, 0) is 0 Å². The number of carbonyl (C=O) groups is 1. The molecular weight excluding hydrogens is 262 g/mol. The Bertz CT molecular complexity index is 470. The highest BCUT2D eigenvalue weighted by Crippen LogP contribution is 2.35. The maximum atomic E-state index is 12.1. The first kappa shape index (κ1) is 14.1. The SMILES string of the molecule is CC1(CNC(=O)c2cc(N)ncc2Cl)CCCCC1. The molecule has 0 radical (unpaired) electrons. The van der Waals surface area contributed by atoms with Gasteiger partial charge in [0.05, 0.1) is 10.6 Å². The van der Waals surface area contributed by atoms with Crippen molar-refractivity contribution < 1.29 is 4.79 Å². The zero-order valence-corrected chi connectivity index (χ0v) is 12.0. The first-order valence-electron chi connectivity index (χ1n) is 6.69. The van der Waals surface area contributed by atoms with E-state index in [0.29, 0.717) is 22.9 Å². The zero-order valence-electron chi connectivity index (χ0n) is 11.2. The van der Waals surface area contributed by atoms with Gasteiger partial charge in [-0.3, -0.25) is 4.79 Å². The van der Waals surface area contributed by atoms with E-state index >= 15 is 0 Å². The monoisotopic (exact) mass is 281 g/mol. The van der Waals surface area contributed by atoms with E-state index in [1.54, 1.807) is 0 Å². The summed E-state index contributed by atoms with van der Waals surface area (Å²) in [6, 6.07) is 1.51. The van der Waals surface area contributed by atoms with Crippen molar-refractivity contribution in [3.8, 4) is 0 Å². The van der Waals surface area contributed by atoms with Crippen LogP contribution in [0, 0.1) is 5.41 Å². The van der Waals surface area contributed by atoms with Crippen LogP contribution in [0.1, 0.15) is 49.4 Å². The predicted octanol–water partition coefficient (Wildman–Crippen LogP) is 3.02. The third-order valence-corrected chi connectivity index (χ3v) is 4.16. The number of nitrogen functional groups attached to an aromatic ring is 1. The summed E-state index contributed by atoms with van der Waals surface area (Å²) >= 11 is 5.97. The molecule has 0 unspecified atom stereocenters. The molecule has 1 aliphatic carbocycles. The van der Waals surface area contributed by atoms with Gasteiger partial charge in [-0.05, 0) is 24.3 Å². The van der Waals surface area contributed by atoms with Gasteiger partial charge >= 0.3 is 0 Å². The van der Waals surface area contributed by atoms with Gasteiger partial charge in [0, 0.05) is 12.7 Å². The Kier molecular flexibility index (Phi) is 4.30. The van der Waals surface area contributed by atoms with Gasteiger partial charge in [-0.1, -0.05) is 37.8 Å². The molecule has 1 aromatic heterocycles. The Morgan fingerprint density at radius 3 is 2.84 bits per heavy atom. The van der Waals surface area contributed by atoms with Crippen LogP contribution in [0.4, 0.5) is 5.82 Å². The molecule has 0 bridgehead atoms. The average molecular weight is 282 g/mol. The van der Waals surface area contributed by atoms with Crippen molar-refractivity contribution >= 4 is 23.3 Å². The molecular formula is C14H20ClN3O. The van der Waals surface area contributed by atoms with E-state index in [2.05, 4.69) is 17.2 Å². The molecule has 4 nitrogen and oxygen atoms in total. The van der Waals surface area contributed by atoms with E-state index in [4.69, 9.17) is 17.3 Å². The first-order valence-corrected chi connectivity index (χ1v) is 7.07. The number of nitrogens with one attached hydrogen (secondary N) is 1. The highest BCUT2D eigenvalue weighted by molar-refractivity contribution is 6.33. The average Bonchev–Trinajstić information content (AvgIpc) is 2.40. The number of pyridine rings is 1. The lowest BCUT2D eigenvalue weighted by Crippen LogP contribution is -2.37. The van der Waals surface area contributed by atoms with Gasteiger partial charge in [0.1, 0.15) is 5.82 Å². The first-order chi connectivity index (χ1) is 9.00. The number of anilines is 1. The number of carbonyl (C=O) groups excluding carboxylic acids is 1. The van der Waals surface area contributed by atoms with Crippen LogP contribution < -0.4 is 11.1 Å². The topological polar surface area (TPSA) is 68.0 Å². The van der Waals surface area contributed by atoms with E-state index < -0.39 is 0 Å². The zero-order chi connectivity index (χ0) is 13.9. The molecule has 0 atom stereocenters. The number of amides is 1. The molecule has 0 saturated heterocycles. The maximum absolute atomic E-state index is 12.1. The second kappa shape index (κ2) is 5.78. The Hall–Kier alpha value is -1.29. The normalized spacial score (nSPS) is 18.0. The molecule has 2 rings (SSSR count). The Labute approximate surface area is 118 Å². The van der Waals surface area contributed by atoms with E-state index in [1.807, 2.05) is 0 Å². The minimum Gasteiger partial charge on any atom is -0.384 e.